The first-order chi connectivity index (χ1) is 31.5. The minimum absolute atomic E-state index is 0.116. The highest BCUT2D eigenvalue weighted by Crippen LogP contribution is 2.13. The van der Waals surface area contributed by atoms with Crippen molar-refractivity contribution in [3.63, 3.8) is 0 Å². The van der Waals surface area contributed by atoms with Crippen LogP contribution in [0.4, 0.5) is 0 Å². The average molecular weight is 889 g/mol. The van der Waals surface area contributed by atoms with Crippen molar-refractivity contribution < 1.29 is 28.6 Å². The fourth-order valence-corrected chi connectivity index (χ4v) is 6.92. The molecule has 0 aliphatic rings. The molecular weight excluding hydrogens is 793 g/mol. The molecule has 364 valence electrons. The molecule has 0 aromatic heterocycles. The summed E-state index contributed by atoms with van der Waals surface area (Å²) in [6, 6.07) is 0. The van der Waals surface area contributed by atoms with Gasteiger partial charge in [-0.15, -0.1) is 0 Å². The van der Waals surface area contributed by atoms with Crippen LogP contribution < -0.4 is 0 Å². The van der Waals surface area contributed by atoms with Gasteiger partial charge in [0.1, 0.15) is 13.2 Å². The fraction of sp³-hybridized carbons (Fsp3) is 0.672. The monoisotopic (exact) mass is 889 g/mol. The molecule has 0 aromatic rings. The second kappa shape index (κ2) is 52.0. The third kappa shape index (κ3) is 49.3. The predicted molar refractivity (Wildman–Crippen MR) is 274 cm³/mol. The number of hydrogen-bond donors (Lipinski definition) is 0. The molecule has 0 amide bonds. The molecule has 1 atom stereocenters. The van der Waals surface area contributed by atoms with Crippen molar-refractivity contribution in [3.8, 4) is 0 Å². The molecule has 0 N–H and O–H groups in total. The van der Waals surface area contributed by atoms with Gasteiger partial charge >= 0.3 is 17.9 Å². The summed E-state index contributed by atoms with van der Waals surface area (Å²) in [6.07, 6.45) is 68.3. The summed E-state index contributed by atoms with van der Waals surface area (Å²) in [6.45, 7) is 6.40. The average Bonchev–Trinajstić information content (AvgIpc) is 3.29. The Kier molecular flexibility index (Phi) is 49.0. The van der Waals surface area contributed by atoms with Crippen LogP contribution >= 0.6 is 0 Å². The summed E-state index contributed by atoms with van der Waals surface area (Å²) >= 11 is 0. The Labute approximate surface area is 394 Å². The highest BCUT2D eigenvalue weighted by Gasteiger charge is 2.19. The van der Waals surface area contributed by atoms with Crippen molar-refractivity contribution >= 4 is 17.9 Å². The number of ether oxygens (including phenoxy) is 3. The lowest BCUT2D eigenvalue weighted by Crippen LogP contribution is -2.30. The Morgan fingerprint density at radius 1 is 0.344 bits per heavy atom. The van der Waals surface area contributed by atoms with Gasteiger partial charge in [-0.25, -0.2) is 0 Å². The number of hydrogen-bond acceptors (Lipinski definition) is 6. The molecule has 6 heteroatoms. The van der Waals surface area contributed by atoms with E-state index in [2.05, 4.69) is 118 Å². The van der Waals surface area contributed by atoms with Crippen LogP contribution in [0.3, 0.4) is 0 Å². The van der Waals surface area contributed by atoms with Crippen LogP contribution in [-0.2, 0) is 28.6 Å². The zero-order valence-corrected chi connectivity index (χ0v) is 41.5. The lowest BCUT2D eigenvalue weighted by Gasteiger charge is -2.18. The smallest absolute Gasteiger partial charge is 0.306 e. The summed E-state index contributed by atoms with van der Waals surface area (Å²) in [5.74, 6) is -1.02. The molecule has 0 aliphatic heterocycles. The number of carbonyl (C=O) groups is 3. The van der Waals surface area contributed by atoms with Gasteiger partial charge in [-0.1, -0.05) is 214 Å². The van der Waals surface area contributed by atoms with Crippen LogP contribution in [-0.4, -0.2) is 37.2 Å². The molecule has 0 fully saturated rings. The van der Waals surface area contributed by atoms with Crippen molar-refractivity contribution in [1.29, 1.82) is 0 Å². The molecule has 0 saturated heterocycles. The van der Waals surface area contributed by atoms with Crippen molar-refractivity contribution in [3.05, 3.63) is 97.2 Å². The van der Waals surface area contributed by atoms with E-state index in [-0.39, 0.29) is 44.0 Å². The Hall–Kier alpha value is -3.67. The van der Waals surface area contributed by atoms with Crippen molar-refractivity contribution in [1.82, 2.24) is 0 Å². The maximum absolute atomic E-state index is 12.8. The molecule has 1 unspecified atom stereocenters. The highest BCUT2D eigenvalue weighted by atomic mass is 16.6. The van der Waals surface area contributed by atoms with Gasteiger partial charge in [-0.3, -0.25) is 14.4 Å². The van der Waals surface area contributed by atoms with E-state index in [1.165, 1.54) is 89.9 Å². The summed E-state index contributed by atoms with van der Waals surface area (Å²) in [4.78, 5) is 38.0. The van der Waals surface area contributed by atoms with Crippen LogP contribution in [0.15, 0.2) is 97.2 Å². The zero-order valence-electron chi connectivity index (χ0n) is 41.5. The molecule has 0 aliphatic carbocycles. The first-order valence-electron chi connectivity index (χ1n) is 26.3. The molecular formula is C58H96O6. The zero-order chi connectivity index (χ0) is 46.5. The van der Waals surface area contributed by atoms with Crippen molar-refractivity contribution in [2.45, 2.75) is 239 Å². The predicted octanol–water partition coefficient (Wildman–Crippen LogP) is 17.4. The molecule has 6 nitrogen and oxygen atoms in total. The van der Waals surface area contributed by atoms with Gasteiger partial charge in [0.2, 0.25) is 0 Å². The highest BCUT2D eigenvalue weighted by molar-refractivity contribution is 5.71. The van der Waals surface area contributed by atoms with Gasteiger partial charge in [0.25, 0.3) is 0 Å². The summed E-state index contributed by atoms with van der Waals surface area (Å²) < 4.78 is 16.7. The van der Waals surface area contributed by atoms with Crippen molar-refractivity contribution in [2.75, 3.05) is 13.2 Å². The fourth-order valence-electron chi connectivity index (χ4n) is 6.92. The molecule has 0 radical (unpaired) electrons. The Morgan fingerprint density at radius 3 is 1.17 bits per heavy atom. The van der Waals surface area contributed by atoms with Gasteiger partial charge in [-0.2, -0.15) is 0 Å². The first kappa shape index (κ1) is 60.3. The van der Waals surface area contributed by atoms with E-state index in [0.717, 1.165) is 96.3 Å². The van der Waals surface area contributed by atoms with Crippen LogP contribution in [0.2, 0.25) is 0 Å². The van der Waals surface area contributed by atoms with E-state index in [1.54, 1.807) is 0 Å². The number of carbonyl (C=O) groups excluding carboxylic acids is 3. The molecule has 0 aromatic carbocycles. The van der Waals surface area contributed by atoms with Crippen LogP contribution in [0.25, 0.3) is 0 Å². The molecule has 0 rings (SSSR count). The Balaban J connectivity index is 4.54. The van der Waals surface area contributed by atoms with E-state index >= 15 is 0 Å². The van der Waals surface area contributed by atoms with E-state index in [0.29, 0.717) is 12.8 Å². The molecule has 64 heavy (non-hydrogen) atoms. The lowest BCUT2D eigenvalue weighted by atomic mass is 10.1. The minimum atomic E-state index is -0.821. The van der Waals surface area contributed by atoms with Gasteiger partial charge in [0.05, 0.1) is 0 Å². The number of esters is 3. The summed E-state index contributed by atoms with van der Waals surface area (Å²) in [7, 11) is 0. The second-order valence-corrected chi connectivity index (χ2v) is 17.1. The maximum Gasteiger partial charge on any atom is 0.306 e. The SMILES string of the molecule is CC/C=C/C=C/C=C/CCCCCCCC(=O)OCC(COC(=O)CCC/C=C/C/C=C/C/C=C/CCCCCCCC)OC(=O)CCCCC/C=C/C=C/CCCCCCCCC. The molecule has 0 heterocycles. The summed E-state index contributed by atoms with van der Waals surface area (Å²) in [5.41, 5.74) is 0. The Bertz CT molecular complexity index is 1300. The van der Waals surface area contributed by atoms with Gasteiger partial charge < -0.3 is 14.2 Å². The number of allylic oxidation sites excluding steroid dienone is 16. The standard InChI is InChI=1S/C58H96O6/c1-4-7-10-13-16-19-22-25-27-29-31-33-36-39-42-45-48-51-57(60)63-54-55(53-62-56(59)50-47-44-41-38-35-32-24-21-18-15-12-9-6-3)64-58(61)52-49-46-43-40-37-34-30-28-26-23-20-17-14-11-8-5-2/h9,12,15,18,21,24-25,27-28,30-31,33-34,37,39,42,55H,4-8,10-11,13-14,16-17,19-20,22-23,26,29,32,35-36,38,40-41,43-54H2,1-3H3/b12-9+,18-15+,24-21+,27-25+,30-28+,33-31+,37-34+,42-39+. The molecule has 0 spiro atoms. The van der Waals surface area contributed by atoms with Crippen molar-refractivity contribution in [2.24, 2.45) is 0 Å². The van der Waals surface area contributed by atoms with Crippen LogP contribution in [0, 0.1) is 0 Å². The summed E-state index contributed by atoms with van der Waals surface area (Å²) in [5, 5.41) is 0. The third-order valence-corrected chi connectivity index (χ3v) is 10.9. The largest absolute Gasteiger partial charge is 0.462 e. The Morgan fingerprint density at radius 2 is 0.688 bits per heavy atom. The van der Waals surface area contributed by atoms with E-state index in [9.17, 15) is 14.4 Å². The molecule has 0 saturated carbocycles. The quantitative estimate of drug-likeness (QED) is 0.0199. The van der Waals surface area contributed by atoms with E-state index < -0.39 is 6.10 Å². The van der Waals surface area contributed by atoms with Crippen LogP contribution in [0.1, 0.15) is 233 Å². The van der Waals surface area contributed by atoms with Gasteiger partial charge in [0.15, 0.2) is 6.10 Å². The topological polar surface area (TPSA) is 78.9 Å². The number of rotatable bonds is 46. The third-order valence-electron chi connectivity index (χ3n) is 10.9. The van der Waals surface area contributed by atoms with E-state index in [1.807, 2.05) is 0 Å². The van der Waals surface area contributed by atoms with E-state index in [4.69, 9.17) is 14.2 Å². The van der Waals surface area contributed by atoms with Gasteiger partial charge in [-0.05, 0) is 96.3 Å². The lowest BCUT2D eigenvalue weighted by molar-refractivity contribution is -0.167. The molecule has 0 bridgehead atoms. The van der Waals surface area contributed by atoms with Gasteiger partial charge in [0, 0.05) is 19.3 Å². The normalized spacial score (nSPS) is 12.9. The first-order valence-corrected chi connectivity index (χ1v) is 26.3. The number of unbranched alkanes of at least 4 members (excludes halogenated alkanes) is 22. The second-order valence-electron chi connectivity index (χ2n) is 17.1. The van der Waals surface area contributed by atoms with Crippen LogP contribution in [0.5, 0.6) is 0 Å². The minimum Gasteiger partial charge on any atom is -0.462 e. The maximum atomic E-state index is 12.8.